The van der Waals surface area contributed by atoms with E-state index in [1.807, 2.05) is 20.8 Å². The summed E-state index contributed by atoms with van der Waals surface area (Å²) in [4.78, 5) is 0. The highest BCUT2D eigenvalue weighted by molar-refractivity contribution is 9.11. The molecular weight excluding hydrogens is 385 g/mol. The lowest BCUT2D eigenvalue weighted by Gasteiger charge is -2.31. The van der Waals surface area contributed by atoms with E-state index in [2.05, 4.69) is 31.9 Å². The first-order valence-corrected chi connectivity index (χ1v) is 6.84. The fourth-order valence-electron chi connectivity index (χ4n) is 1.55. The van der Waals surface area contributed by atoms with Gasteiger partial charge >= 0.3 is 0 Å². The van der Waals surface area contributed by atoms with Gasteiger partial charge in [0.1, 0.15) is 5.75 Å². The average molecular weight is 404 g/mol. The van der Waals surface area contributed by atoms with Crippen molar-refractivity contribution >= 4 is 44.3 Å². The lowest BCUT2D eigenvalue weighted by Crippen LogP contribution is -2.37. The smallest absolute Gasteiger partial charge is 0.134 e. The van der Waals surface area contributed by atoms with Gasteiger partial charge in [-0.25, -0.2) is 0 Å². The second kappa shape index (κ2) is 6.57. The van der Waals surface area contributed by atoms with Gasteiger partial charge < -0.3 is 15.9 Å². The molecule has 104 valence electrons. The summed E-state index contributed by atoms with van der Waals surface area (Å²) in [6.07, 6.45) is -0.741. The standard InChI is InChI=1S/C12H17Br2NO2.ClH/c1-12(2,3)11(17)9(15)7-4-6(13)5-8(14)10(7)16;/h4-5,9,11,16-17H,15H2,1-3H3;1H/t9-,11-;/m1./s1. The highest BCUT2D eigenvalue weighted by Crippen LogP contribution is 2.38. The number of aliphatic hydroxyl groups is 1. The Labute approximate surface area is 130 Å². The maximum absolute atomic E-state index is 10.1. The molecule has 18 heavy (non-hydrogen) atoms. The van der Waals surface area contributed by atoms with Crippen LogP contribution in [0.25, 0.3) is 0 Å². The summed E-state index contributed by atoms with van der Waals surface area (Å²) in [5.74, 6) is 0.0731. The number of aliphatic hydroxyl groups excluding tert-OH is 1. The lowest BCUT2D eigenvalue weighted by molar-refractivity contribution is 0.0394. The van der Waals surface area contributed by atoms with Crippen LogP contribution in [-0.2, 0) is 0 Å². The molecule has 0 fully saturated rings. The zero-order valence-electron chi connectivity index (χ0n) is 10.4. The first-order valence-electron chi connectivity index (χ1n) is 5.26. The minimum atomic E-state index is -0.741. The molecular formula is C12H18Br2ClNO2. The number of hydrogen-bond donors (Lipinski definition) is 3. The van der Waals surface area contributed by atoms with E-state index in [9.17, 15) is 10.2 Å². The van der Waals surface area contributed by atoms with Gasteiger partial charge in [0.05, 0.1) is 16.6 Å². The fraction of sp³-hybridized carbons (Fsp3) is 0.500. The summed E-state index contributed by atoms with van der Waals surface area (Å²) in [5.41, 5.74) is 6.19. The first-order chi connectivity index (χ1) is 7.64. The van der Waals surface area contributed by atoms with Crippen LogP contribution in [0.4, 0.5) is 0 Å². The maximum atomic E-state index is 10.1. The third-order valence-electron chi connectivity index (χ3n) is 2.64. The topological polar surface area (TPSA) is 66.5 Å². The van der Waals surface area contributed by atoms with Crippen molar-refractivity contribution in [2.75, 3.05) is 0 Å². The predicted molar refractivity (Wildman–Crippen MR) is 83.1 cm³/mol. The van der Waals surface area contributed by atoms with Gasteiger partial charge in [-0.1, -0.05) is 36.7 Å². The molecule has 0 unspecified atom stereocenters. The van der Waals surface area contributed by atoms with E-state index in [1.165, 1.54) is 0 Å². The normalized spacial score (nSPS) is 14.8. The molecule has 2 atom stereocenters. The number of halogens is 3. The van der Waals surface area contributed by atoms with Crippen molar-refractivity contribution in [2.24, 2.45) is 11.1 Å². The van der Waals surface area contributed by atoms with E-state index in [0.29, 0.717) is 10.0 Å². The summed E-state index contributed by atoms with van der Waals surface area (Å²) in [6.45, 7) is 5.71. The SMILES string of the molecule is CC(C)(C)[C@H](O)[C@H](N)c1cc(Br)cc(Br)c1O.Cl. The molecule has 1 rings (SSSR count). The highest BCUT2D eigenvalue weighted by Gasteiger charge is 2.31. The molecule has 0 saturated carbocycles. The Hall–Kier alpha value is 0.190. The van der Waals surface area contributed by atoms with Crippen molar-refractivity contribution in [2.45, 2.75) is 32.9 Å². The molecule has 0 spiro atoms. The molecule has 0 aromatic heterocycles. The zero-order valence-corrected chi connectivity index (χ0v) is 14.4. The molecule has 4 N–H and O–H groups in total. The van der Waals surface area contributed by atoms with Crippen LogP contribution >= 0.6 is 44.3 Å². The van der Waals surface area contributed by atoms with Crippen molar-refractivity contribution < 1.29 is 10.2 Å². The van der Waals surface area contributed by atoms with E-state index in [-0.39, 0.29) is 23.6 Å². The monoisotopic (exact) mass is 401 g/mol. The number of benzene rings is 1. The molecule has 0 aliphatic rings. The molecule has 0 saturated heterocycles. The maximum Gasteiger partial charge on any atom is 0.134 e. The molecule has 6 heteroatoms. The predicted octanol–water partition coefficient (Wildman–Crippen LogP) is 3.75. The number of rotatable bonds is 2. The van der Waals surface area contributed by atoms with Crippen LogP contribution in [-0.4, -0.2) is 16.3 Å². The van der Waals surface area contributed by atoms with Crippen LogP contribution in [0.5, 0.6) is 5.75 Å². The molecule has 0 heterocycles. The third kappa shape index (κ3) is 4.10. The summed E-state index contributed by atoms with van der Waals surface area (Å²) in [6, 6.07) is 2.82. The summed E-state index contributed by atoms with van der Waals surface area (Å²) in [5, 5.41) is 20.1. The minimum Gasteiger partial charge on any atom is -0.506 e. The molecule has 0 aliphatic heterocycles. The Balaban J connectivity index is 0.00000289. The van der Waals surface area contributed by atoms with Gasteiger partial charge in [0.15, 0.2) is 0 Å². The van der Waals surface area contributed by atoms with Gasteiger partial charge in [-0.05, 0) is 33.5 Å². The second-order valence-corrected chi connectivity index (χ2v) is 6.93. The summed E-state index contributed by atoms with van der Waals surface area (Å²) in [7, 11) is 0. The number of phenols is 1. The van der Waals surface area contributed by atoms with Crippen LogP contribution in [0, 0.1) is 5.41 Å². The van der Waals surface area contributed by atoms with Crippen molar-refractivity contribution in [1.29, 1.82) is 0 Å². The van der Waals surface area contributed by atoms with Crippen LogP contribution < -0.4 is 5.73 Å². The van der Waals surface area contributed by atoms with Gasteiger partial charge in [0.2, 0.25) is 0 Å². The van der Waals surface area contributed by atoms with Gasteiger partial charge in [-0.15, -0.1) is 12.4 Å². The molecule has 0 amide bonds. The molecule has 0 aliphatic carbocycles. The van der Waals surface area contributed by atoms with E-state index >= 15 is 0 Å². The van der Waals surface area contributed by atoms with Crippen LogP contribution in [0.1, 0.15) is 32.4 Å². The largest absolute Gasteiger partial charge is 0.506 e. The summed E-state index contributed by atoms with van der Waals surface area (Å²) < 4.78 is 1.35. The second-order valence-electron chi connectivity index (χ2n) is 5.16. The Morgan fingerprint density at radius 3 is 2.17 bits per heavy atom. The van der Waals surface area contributed by atoms with E-state index in [4.69, 9.17) is 5.73 Å². The average Bonchev–Trinajstić information content (AvgIpc) is 2.20. The minimum absolute atomic E-state index is 0. The van der Waals surface area contributed by atoms with Gasteiger partial charge in [0, 0.05) is 10.0 Å². The highest BCUT2D eigenvalue weighted by atomic mass is 79.9. The lowest BCUT2D eigenvalue weighted by atomic mass is 9.82. The molecule has 1 aromatic carbocycles. The van der Waals surface area contributed by atoms with Crippen molar-refractivity contribution in [3.63, 3.8) is 0 Å². The van der Waals surface area contributed by atoms with Gasteiger partial charge in [0.25, 0.3) is 0 Å². The molecule has 3 nitrogen and oxygen atoms in total. The van der Waals surface area contributed by atoms with Crippen LogP contribution in [0.3, 0.4) is 0 Å². The Kier molecular flexibility index (Phi) is 6.64. The fourth-order valence-corrected chi connectivity index (χ4v) is 2.81. The first kappa shape index (κ1) is 18.2. The van der Waals surface area contributed by atoms with Crippen LogP contribution in [0.2, 0.25) is 0 Å². The number of nitrogens with two attached hydrogens (primary N) is 1. The number of phenolic OH excluding ortho intramolecular Hbond substituents is 1. The van der Waals surface area contributed by atoms with Gasteiger partial charge in [-0.3, -0.25) is 0 Å². The third-order valence-corrected chi connectivity index (χ3v) is 3.71. The Morgan fingerprint density at radius 1 is 1.22 bits per heavy atom. The van der Waals surface area contributed by atoms with E-state index in [0.717, 1.165) is 4.47 Å². The van der Waals surface area contributed by atoms with Crippen molar-refractivity contribution in [3.8, 4) is 5.75 Å². The molecule has 1 aromatic rings. The zero-order chi connectivity index (χ0) is 13.4. The number of aromatic hydroxyl groups is 1. The number of hydrogen-bond acceptors (Lipinski definition) is 3. The molecule has 0 radical (unpaired) electrons. The van der Waals surface area contributed by atoms with Crippen LogP contribution in [0.15, 0.2) is 21.1 Å². The van der Waals surface area contributed by atoms with Crippen molar-refractivity contribution in [1.82, 2.24) is 0 Å². The molecule has 0 bridgehead atoms. The van der Waals surface area contributed by atoms with Crippen molar-refractivity contribution in [3.05, 3.63) is 26.6 Å². The van der Waals surface area contributed by atoms with E-state index < -0.39 is 12.1 Å². The Morgan fingerprint density at radius 2 is 1.72 bits per heavy atom. The quantitative estimate of drug-likeness (QED) is 0.705. The Bertz CT molecular complexity index is 421. The van der Waals surface area contributed by atoms with E-state index in [1.54, 1.807) is 12.1 Å². The summed E-state index contributed by atoms with van der Waals surface area (Å²) >= 11 is 6.58. The van der Waals surface area contributed by atoms with Gasteiger partial charge in [-0.2, -0.15) is 0 Å².